The van der Waals surface area contributed by atoms with E-state index in [1.807, 2.05) is 6.92 Å². The van der Waals surface area contributed by atoms with Crippen molar-refractivity contribution in [3.05, 3.63) is 39.7 Å². The van der Waals surface area contributed by atoms with Gasteiger partial charge in [0.25, 0.3) is 11.7 Å². The van der Waals surface area contributed by atoms with E-state index in [1.165, 1.54) is 0 Å². The maximum absolute atomic E-state index is 14.6. The number of halogens is 2. The Morgan fingerprint density at radius 1 is 1.52 bits per heavy atom. The molecule has 0 amide bonds. The maximum Gasteiger partial charge on any atom is 0.283 e. The lowest BCUT2D eigenvalue weighted by Crippen LogP contribution is -2.58. The molecule has 7 nitrogen and oxygen atoms in total. The number of nitrogens with zero attached hydrogens (tertiary/aromatic N) is 2. The molecule has 3 rings (SSSR count). The lowest BCUT2D eigenvalue weighted by atomic mass is 9.70. The molecule has 2 heterocycles. The van der Waals surface area contributed by atoms with Gasteiger partial charge in [-0.3, -0.25) is 10.1 Å². The molecule has 0 unspecified atom stereocenters. The van der Waals surface area contributed by atoms with E-state index in [0.29, 0.717) is 19.4 Å². The molecule has 1 saturated heterocycles. The van der Waals surface area contributed by atoms with E-state index < -0.39 is 41.1 Å². The number of ether oxygens (including phenoxy) is 2. The van der Waals surface area contributed by atoms with Crippen LogP contribution in [0.5, 0.6) is 0 Å². The second-order valence-corrected chi connectivity index (χ2v) is 6.22. The monoisotopic (exact) mass is 355 g/mol. The van der Waals surface area contributed by atoms with E-state index in [4.69, 9.17) is 15.2 Å². The highest BCUT2D eigenvalue weighted by molar-refractivity contribution is 5.73. The molecular formula is C16H19F2N3O4. The number of alkyl halides is 1. The fraction of sp³-hybridized carbons (Fsp3) is 0.562. The minimum atomic E-state index is -1.72. The smallest absolute Gasteiger partial charge is 0.283 e. The summed E-state index contributed by atoms with van der Waals surface area (Å²) in [5.41, 5.74) is 3.47. The number of nitro benzene ring substituents is 1. The van der Waals surface area contributed by atoms with E-state index in [0.717, 1.165) is 18.2 Å². The highest BCUT2D eigenvalue weighted by Gasteiger charge is 2.55. The molecule has 0 aliphatic carbocycles. The minimum absolute atomic E-state index is 0.200. The van der Waals surface area contributed by atoms with Gasteiger partial charge in [0.1, 0.15) is 24.1 Å². The number of benzene rings is 1. The number of nitrogens with two attached hydrogens (primary N) is 1. The molecule has 1 fully saturated rings. The van der Waals surface area contributed by atoms with Crippen LogP contribution in [0, 0.1) is 21.8 Å². The summed E-state index contributed by atoms with van der Waals surface area (Å²) < 4.78 is 40.2. The van der Waals surface area contributed by atoms with Crippen LogP contribution in [0.3, 0.4) is 0 Å². The van der Waals surface area contributed by atoms with Crippen LogP contribution in [0.2, 0.25) is 0 Å². The lowest BCUT2D eigenvalue weighted by Gasteiger charge is -2.48. The first-order valence-electron chi connectivity index (χ1n) is 8.07. The van der Waals surface area contributed by atoms with E-state index in [9.17, 15) is 18.9 Å². The van der Waals surface area contributed by atoms with E-state index in [1.54, 1.807) is 0 Å². The Hall–Kier alpha value is -2.29. The molecule has 9 heteroatoms. The topological polar surface area (TPSA) is 100.0 Å². The van der Waals surface area contributed by atoms with Gasteiger partial charge < -0.3 is 15.2 Å². The maximum atomic E-state index is 14.6. The average Bonchev–Trinajstić information content (AvgIpc) is 2.60. The molecule has 2 N–H and O–H groups in total. The number of hydrogen-bond acceptors (Lipinski definition) is 6. The molecule has 136 valence electrons. The van der Waals surface area contributed by atoms with Gasteiger partial charge in [0, 0.05) is 24.1 Å². The Kier molecular flexibility index (Phi) is 4.59. The van der Waals surface area contributed by atoms with Gasteiger partial charge >= 0.3 is 0 Å². The van der Waals surface area contributed by atoms with Crippen molar-refractivity contribution in [2.45, 2.75) is 37.5 Å². The third-order valence-electron chi connectivity index (χ3n) is 4.90. The van der Waals surface area contributed by atoms with E-state index in [2.05, 4.69) is 4.99 Å². The Labute approximate surface area is 143 Å². The Balaban J connectivity index is 2.22. The predicted molar refractivity (Wildman–Crippen MR) is 85.3 cm³/mol. The van der Waals surface area contributed by atoms with Gasteiger partial charge in [0.2, 0.25) is 0 Å². The van der Waals surface area contributed by atoms with Crippen LogP contribution in [-0.2, 0) is 15.0 Å². The van der Waals surface area contributed by atoms with Crippen molar-refractivity contribution in [2.75, 3.05) is 13.3 Å². The van der Waals surface area contributed by atoms with Gasteiger partial charge in [-0.15, -0.1) is 0 Å². The summed E-state index contributed by atoms with van der Waals surface area (Å²) in [6, 6.07) is 2.76. The van der Waals surface area contributed by atoms with Gasteiger partial charge in [-0.05, 0) is 12.5 Å². The number of hydrogen-bond donors (Lipinski definition) is 1. The van der Waals surface area contributed by atoms with Crippen molar-refractivity contribution >= 4 is 11.7 Å². The summed E-state index contributed by atoms with van der Waals surface area (Å²) in [5, 5.41) is 11.1. The van der Waals surface area contributed by atoms with Gasteiger partial charge in [-0.1, -0.05) is 6.92 Å². The molecule has 1 aromatic rings. The van der Waals surface area contributed by atoms with Crippen LogP contribution in [0.15, 0.2) is 23.2 Å². The van der Waals surface area contributed by atoms with E-state index >= 15 is 0 Å². The number of fused-ring (bicyclic) bond motifs is 1. The third-order valence-corrected chi connectivity index (χ3v) is 4.90. The fourth-order valence-corrected chi connectivity index (χ4v) is 3.82. The summed E-state index contributed by atoms with van der Waals surface area (Å²) in [5.74, 6) is -1.42. The molecule has 25 heavy (non-hydrogen) atoms. The number of amidine groups is 1. The first kappa shape index (κ1) is 17.5. The molecule has 0 saturated carbocycles. The number of non-ortho nitro benzene ring substituents is 1. The van der Waals surface area contributed by atoms with Gasteiger partial charge in [0.05, 0.1) is 23.6 Å². The van der Waals surface area contributed by atoms with Gasteiger partial charge in [0.15, 0.2) is 0 Å². The first-order valence-corrected chi connectivity index (χ1v) is 8.07. The van der Waals surface area contributed by atoms with Crippen molar-refractivity contribution in [2.24, 2.45) is 16.6 Å². The van der Waals surface area contributed by atoms with Crippen molar-refractivity contribution in [3.63, 3.8) is 0 Å². The molecular weight excluding hydrogens is 336 g/mol. The zero-order chi connectivity index (χ0) is 18.2. The molecule has 2 aliphatic rings. The molecule has 0 radical (unpaired) electrons. The summed E-state index contributed by atoms with van der Waals surface area (Å²) in [7, 11) is 0. The van der Waals surface area contributed by atoms with Crippen LogP contribution in [0.1, 0.15) is 25.3 Å². The quantitative estimate of drug-likeness (QED) is 0.660. The van der Waals surface area contributed by atoms with Crippen LogP contribution < -0.4 is 5.73 Å². The number of nitro groups is 1. The third kappa shape index (κ3) is 2.82. The normalized spacial score (nSPS) is 31.6. The summed E-state index contributed by atoms with van der Waals surface area (Å²) in [6.45, 7) is 1.20. The Morgan fingerprint density at radius 3 is 2.92 bits per heavy atom. The second-order valence-electron chi connectivity index (χ2n) is 6.22. The number of aliphatic imine (C=N–C) groups is 1. The molecule has 2 aliphatic heterocycles. The fourth-order valence-electron chi connectivity index (χ4n) is 3.82. The van der Waals surface area contributed by atoms with Gasteiger partial charge in [-0.2, -0.15) is 0 Å². The Morgan fingerprint density at radius 2 is 2.28 bits per heavy atom. The SMILES string of the molecule is CC[C@@H]1OCC[C@H]2OC(N)=N[C@](CF)(c3cc([N+](=O)[O-])ccc3F)[C@@H]12. The highest BCUT2D eigenvalue weighted by atomic mass is 19.1. The van der Waals surface area contributed by atoms with Crippen LogP contribution in [0.25, 0.3) is 0 Å². The van der Waals surface area contributed by atoms with E-state index in [-0.39, 0.29) is 17.3 Å². The van der Waals surface area contributed by atoms with Crippen LogP contribution in [-0.4, -0.2) is 36.4 Å². The molecule has 0 spiro atoms. The van der Waals surface area contributed by atoms with Crippen LogP contribution in [0.4, 0.5) is 14.5 Å². The zero-order valence-corrected chi connectivity index (χ0v) is 13.7. The zero-order valence-electron chi connectivity index (χ0n) is 13.7. The van der Waals surface area contributed by atoms with Crippen molar-refractivity contribution in [1.82, 2.24) is 0 Å². The average molecular weight is 355 g/mol. The molecule has 1 aromatic carbocycles. The number of rotatable bonds is 4. The first-order chi connectivity index (χ1) is 11.9. The summed E-state index contributed by atoms with van der Waals surface area (Å²) in [4.78, 5) is 14.5. The molecule has 0 aromatic heterocycles. The van der Waals surface area contributed by atoms with Gasteiger partial charge in [-0.25, -0.2) is 13.8 Å². The predicted octanol–water partition coefficient (Wildman–Crippen LogP) is 2.43. The van der Waals surface area contributed by atoms with Crippen molar-refractivity contribution in [3.8, 4) is 0 Å². The Bertz CT molecular complexity index is 715. The molecule has 0 bridgehead atoms. The summed E-state index contributed by atoms with van der Waals surface area (Å²) in [6.07, 6.45) is 0.0733. The lowest BCUT2D eigenvalue weighted by molar-refractivity contribution is -0.385. The summed E-state index contributed by atoms with van der Waals surface area (Å²) >= 11 is 0. The largest absolute Gasteiger partial charge is 0.462 e. The highest BCUT2D eigenvalue weighted by Crippen LogP contribution is 2.47. The standard InChI is InChI=1S/C16H19F2N3O4/c1-2-12-14-13(5-6-24-12)25-15(19)20-16(14,8-17)10-7-9(21(22)23)3-4-11(10)18/h3-4,7,12-14H,2,5-6,8H2,1H3,(H2,19,20)/t12-,13+,14-,16+/m0/s1. The second kappa shape index (κ2) is 6.55. The van der Waals surface area contributed by atoms with Crippen LogP contribution >= 0.6 is 0 Å². The van der Waals surface area contributed by atoms with Crippen molar-refractivity contribution < 1.29 is 23.2 Å². The minimum Gasteiger partial charge on any atom is -0.462 e. The van der Waals surface area contributed by atoms with Crippen molar-refractivity contribution in [1.29, 1.82) is 0 Å². The molecule has 4 atom stereocenters.